The van der Waals surface area contributed by atoms with Crippen molar-refractivity contribution in [2.24, 2.45) is 5.92 Å². The van der Waals surface area contributed by atoms with Gasteiger partial charge in [0.2, 0.25) is 0 Å². The van der Waals surface area contributed by atoms with Crippen molar-refractivity contribution in [1.29, 1.82) is 0 Å². The van der Waals surface area contributed by atoms with Crippen LogP contribution in [0.15, 0.2) is 24.3 Å². The van der Waals surface area contributed by atoms with Gasteiger partial charge in [-0.25, -0.2) is 0 Å². The van der Waals surface area contributed by atoms with Gasteiger partial charge in [0.05, 0.1) is 12.8 Å². The van der Waals surface area contributed by atoms with Gasteiger partial charge in [-0.1, -0.05) is 32.4 Å². The van der Waals surface area contributed by atoms with Gasteiger partial charge in [-0.15, -0.1) is 0 Å². The molecular formula is C15H26N2O. The molecule has 1 aromatic carbocycles. The van der Waals surface area contributed by atoms with Gasteiger partial charge in [-0.3, -0.25) is 0 Å². The maximum absolute atomic E-state index is 5.41. The van der Waals surface area contributed by atoms with Crippen LogP contribution < -0.4 is 15.0 Å². The highest BCUT2D eigenvalue weighted by Crippen LogP contribution is 2.27. The van der Waals surface area contributed by atoms with E-state index in [9.17, 15) is 0 Å². The van der Waals surface area contributed by atoms with Crippen LogP contribution in [0.5, 0.6) is 5.75 Å². The van der Waals surface area contributed by atoms with Crippen LogP contribution in [0, 0.1) is 5.92 Å². The fraction of sp³-hybridized carbons (Fsp3) is 0.600. The minimum atomic E-state index is 0.491. The number of methoxy groups -OCH3 is 1. The van der Waals surface area contributed by atoms with E-state index < -0.39 is 0 Å². The molecule has 0 aromatic heterocycles. The molecule has 0 aliphatic rings. The standard InChI is InChI=1S/C15H26N2O/c1-6-12(2)13(16-3)11-17(4)14-9-7-8-10-15(14)18-5/h7-10,12-13,16H,6,11H2,1-5H3. The van der Waals surface area contributed by atoms with E-state index in [-0.39, 0.29) is 0 Å². The van der Waals surface area contributed by atoms with E-state index in [2.05, 4.69) is 37.2 Å². The lowest BCUT2D eigenvalue weighted by molar-refractivity contribution is 0.387. The number of likely N-dealkylation sites (N-methyl/N-ethyl adjacent to an activating group) is 2. The van der Waals surface area contributed by atoms with Gasteiger partial charge in [0, 0.05) is 19.6 Å². The molecule has 0 fully saturated rings. The summed E-state index contributed by atoms with van der Waals surface area (Å²) in [6.07, 6.45) is 1.19. The molecule has 1 aromatic rings. The zero-order valence-corrected chi connectivity index (χ0v) is 12.2. The molecule has 0 saturated carbocycles. The number of hydrogen-bond donors (Lipinski definition) is 1. The number of nitrogens with one attached hydrogen (secondary N) is 1. The third-order valence-corrected chi connectivity index (χ3v) is 3.67. The van der Waals surface area contributed by atoms with Crippen LogP contribution in [0.3, 0.4) is 0 Å². The first-order valence-electron chi connectivity index (χ1n) is 6.65. The van der Waals surface area contributed by atoms with Crippen molar-refractivity contribution in [3.05, 3.63) is 24.3 Å². The lowest BCUT2D eigenvalue weighted by Gasteiger charge is -2.30. The second kappa shape index (κ2) is 7.27. The van der Waals surface area contributed by atoms with Crippen LogP contribution in [0.2, 0.25) is 0 Å². The zero-order chi connectivity index (χ0) is 13.5. The number of anilines is 1. The number of nitrogens with zero attached hydrogens (tertiary/aromatic N) is 1. The summed E-state index contributed by atoms with van der Waals surface area (Å²) < 4.78 is 5.41. The number of rotatable bonds is 7. The first kappa shape index (κ1) is 14.8. The van der Waals surface area contributed by atoms with Crippen molar-refractivity contribution in [2.45, 2.75) is 26.3 Å². The van der Waals surface area contributed by atoms with E-state index in [4.69, 9.17) is 4.74 Å². The molecule has 2 unspecified atom stereocenters. The molecule has 0 heterocycles. The van der Waals surface area contributed by atoms with Gasteiger partial charge < -0.3 is 15.0 Å². The minimum absolute atomic E-state index is 0.491. The van der Waals surface area contributed by atoms with Crippen LogP contribution >= 0.6 is 0 Å². The predicted octanol–water partition coefficient (Wildman–Crippen LogP) is 2.77. The normalized spacial score (nSPS) is 14.1. The molecule has 3 heteroatoms. The van der Waals surface area contributed by atoms with Crippen LogP contribution in [-0.4, -0.2) is 33.8 Å². The van der Waals surface area contributed by atoms with Gasteiger partial charge in [0.1, 0.15) is 5.75 Å². The monoisotopic (exact) mass is 250 g/mol. The predicted molar refractivity (Wildman–Crippen MR) is 78.6 cm³/mol. The highest BCUT2D eigenvalue weighted by Gasteiger charge is 2.17. The molecular weight excluding hydrogens is 224 g/mol. The van der Waals surface area contributed by atoms with Crippen molar-refractivity contribution >= 4 is 5.69 Å². The van der Waals surface area contributed by atoms with Crippen LogP contribution in [0.25, 0.3) is 0 Å². The topological polar surface area (TPSA) is 24.5 Å². The summed E-state index contributed by atoms with van der Waals surface area (Å²) in [5.41, 5.74) is 1.14. The lowest BCUT2D eigenvalue weighted by atomic mass is 9.99. The SMILES string of the molecule is CCC(C)C(CN(C)c1ccccc1OC)NC. The van der Waals surface area contributed by atoms with Crippen molar-refractivity contribution < 1.29 is 4.74 Å². The molecule has 102 valence electrons. The maximum atomic E-state index is 5.41. The molecule has 0 bridgehead atoms. The second-order valence-electron chi connectivity index (χ2n) is 4.83. The molecule has 3 nitrogen and oxygen atoms in total. The molecule has 0 saturated heterocycles. The summed E-state index contributed by atoms with van der Waals surface area (Å²) >= 11 is 0. The number of hydrogen-bond acceptors (Lipinski definition) is 3. The summed E-state index contributed by atoms with van der Waals surface area (Å²) in [5, 5.41) is 3.41. The van der Waals surface area contributed by atoms with E-state index >= 15 is 0 Å². The fourth-order valence-corrected chi connectivity index (χ4v) is 2.18. The molecule has 0 aliphatic heterocycles. The molecule has 1 rings (SSSR count). The Kier molecular flexibility index (Phi) is 5.99. The first-order chi connectivity index (χ1) is 8.63. The Labute approximate surface area is 111 Å². The largest absolute Gasteiger partial charge is 0.495 e. The highest BCUT2D eigenvalue weighted by atomic mass is 16.5. The molecule has 0 amide bonds. The lowest BCUT2D eigenvalue weighted by Crippen LogP contribution is -2.42. The van der Waals surface area contributed by atoms with Crippen molar-refractivity contribution in [3.63, 3.8) is 0 Å². The van der Waals surface area contributed by atoms with Gasteiger partial charge >= 0.3 is 0 Å². The fourth-order valence-electron chi connectivity index (χ4n) is 2.18. The molecule has 0 radical (unpaired) electrons. The summed E-state index contributed by atoms with van der Waals surface area (Å²) in [7, 11) is 5.87. The van der Waals surface area contributed by atoms with Crippen LogP contribution in [-0.2, 0) is 0 Å². The minimum Gasteiger partial charge on any atom is -0.495 e. The Morgan fingerprint density at radius 1 is 1.33 bits per heavy atom. The van der Waals surface area contributed by atoms with Gasteiger partial charge in [-0.05, 0) is 25.1 Å². The summed E-state index contributed by atoms with van der Waals surface area (Å²) in [5.74, 6) is 1.59. The molecule has 0 spiro atoms. The molecule has 2 atom stereocenters. The Morgan fingerprint density at radius 2 is 2.00 bits per heavy atom. The molecule has 18 heavy (non-hydrogen) atoms. The first-order valence-corrected chi connectivity index (χ1v) is 6.65. The Hall–Kier alpha value is -1.22. The maximum Gasteiger partial charge on any atom is 0.142 e. The quantitative estimate of drug-likeness (QED) is 0.805. The average molecular weight is 250 g/mol. The van der Waals surface area contributed by atoms with Gasteiger partial charge in [0.25, 0.3) is 0 Å². The van der Waals surface area contributed by atoms with Gasteiger partial charge in [0.15, 0.2) is 0 Å². The van der Waals surface area contributed by atoms with E-state index in [1.165, 1.54) is 6.42 Å². The Morgan fingerprint density at radius 3 is 2.56 bits per heavy atom. The van der Waals surface area contributed by atoms with E-state index in [0.29, 0.717) is 12.0 Å². The Balaban J connectivity index is 2.77. The van der Waals surface area contributed by atoms with E-state index in [1.54, 1.807) is 7.11 Å². The van der Waals surface area contributed by atoms with Crippen LogP contribution in [0.1, 0.15) is 20.3 Å². The third kappa shape index (κ3) is 3.64. The van der Waals surface area contributed by atoms with Crippen molar-refractivity contribution in [1.82, 2.24) is 5.32 Å². The van der Waals surface area contributed by atoms with Crippen LogP contribution in [0.4, 0.5) is 5.69 Å². The van der Waals surface area contributed by atoms with E-state index in [1.807, 2.05) is 25.2 Å². The smallest absolute Gasteiger partial charge is 0.142 e. The highest BCUT2D eigenvalue weighted by molar-refractivity contribution is 5.57. The van der Waals surface area contributed by atoms with E-state index in [0.717, 1.165) is 18.0 Å². The molecule has 1 N–H and O–H groups in total. The van der Waals surface area contributed by atoms with Crippen molar-refractivity contribution in [3.8, 4) is 5.75 Å². The van der Waals surface area contributed by atoms with Crippen molar-refractivity contribution in [2.75, 3.05) is 32.6 Å². The summed E-state index contributed by atoms with van der Waals surface area (Å²) in [6.45, 7) is 5.50. The second-order valence-corrected chi connectivity index (χ2v) is 4.83. The molecule has 0 aliphatic carbocycles. The number of para-hydroxylation sites is 2. The average Bonchev–Trinajstić information content (AvgIpc) is 2.43. The third-order valence-electron chi connectivity index (χ3n) is 3.67. The summed E-state index contributed by atoms with van der Waals surface area (Å²) in [6, 6.07) is 8.64. The number of benzene rings is 1. The number of ether oxygens (including phenoxy) is 1. The van der Waals surface area contributed by atoms with Gasteiger partial charge in [-0.2, -0.15) is 0 Å². The summed E-state index contributed by atoms with van der Waals surface area (Å²) in [4.78, 5) is 2.26. The zero-order valence-electron chi connectivity index (χ0n) is 12.2. The Bertz CT molecular complexity index is 354.